The molecule has 38 heavy (non-hydrogen) atoms. The lowest BCUT2D eigenvalue weighted by atomic mass is 9.45. The molecule has 3 rings (SSSR count). The maximum atomic E-state index is 11.3. The van der Waals surface area contributed by atoms with Crippen LogP contribution in [0.25, 0.3) is 0 Å². The Kier molecular flexibility index (Phi) is 9.60. The first kappa shape index (κ1) is 32.0. The Labute approximate surface area is 231 Å². The molecule has 2 fully saturated rings. The van der Waals surface area contributed by atoms with Crippen LogP contribution < -0.4 is 0 Å². The van der Waals surface area contributed by atoms with E-state index >= 15 is 0 Å². The van der Waals surface area contributed by atoms with Gasteiger partial charge in [0.1, 0.15) is 0 Å². The predicted molar refractivity (Wildman–Crippen MR) is 148 cm³/mol. The average molecular weight is 579 g/mol. The van der Waals surface area contributed by atoms with Gasteiger partial charge >= 0.3 is 20.8 Å². The van der Waals surface area contributed by atoms with Gasteiger partial charge in [0.25, 0.3) is 0 Å². The normalized spacial score (nSPS) is 36.1. The maximum absolute atomic E-state index is 11.3. The summed E-state index contributed by atoms with van der Waals surface area (Å²) in [4.78, 5) is 0. The molecule has 0 bridgehead atoms. The molecule has 222 valence electrons. The van der Waals surface area contributed by atoms with Gasteiger partial charge < -0.3 is 0 Å². The predicted octanol–water partition coefficient (Wildman–Crippen LogP) is 6.79. The van der Waals surface area contributed by atoms with Crippen LogP contribution in [0.3, 0.4) is 0 Å². The second-order valence-electron chi connectivity index (χ2n) is 13.5. The van der Waals surface area contributed by atoms with Crippen molar-refractivity contribution < 1.29 is 34.3 Å². The minimum atomic E-state index is -4.47. The second kappa shape index (κ2) is 11.4. The van der Waals surface area contributed by atoms with Crippen molar-refractivity contribution in [2.45, 2.75) is 124 Å². The summed E-state index contributed by atoms with van der Waals surface area (Å²) < 4.78 is 72.9. The Morgan fingerprint density at radius 2 is 1.76 bits per heavy atom. The van der Waals surface area contributed by atoms with Gasteiger partial charge in [-0.15, -0.1) is 0 Å². The zero-order valence-corrected chi connectivity index (χ0v) is 25.9. The van der Waals surface area contributed by atoms with Crippen LogP contribution in [-0.2, 0) is 29.2 Å². The van der Waals surface area contributed by atoms with E-state index < -0.39 is 32.5 Å². The monoisotopic (exact) mass is 578 g/mol. The summed E-state index contributed by atoms with van der Waals surface area (Å²) in [6.45, 7) is 15.3. The highest BCUT2D eigenvalue weighted by Gasteiger charge is 2.55. The number of fused-ring (bicyclic) bond motifs is 3. The van der Waals surface area contributed by atoms with Crippen molar-refractivity contribution in [3.63, 3.8) is 0 Å². The fourth-order valence-corrected chi connectivity index (χ4v) is 9.96. The fraction of sp³-hybridized carbons (Fsp3) is 0.929. The molecule has 0 aromatic rings. The maximum Gasteiger partial charge on any atom is 0.397 e. The van der Waals surface area contributed by atoms with Crippen molar-refractivity contribution in [3.8, 4) is 0 Å². The Balaban J connectivity index is 1.69. The molecule has 0 amide bonds. The van der Waals surface area contributed by atoms with E-state index in [9.17, 15) is 16.8 Å². The highest BCUT2D eigenvalue weighted by Crippen LogP contribution is 2.63. The van der Waals surface area contributed by atoms with Gasteiger partial charge in [0, 0.05) is 0 Å². The number of allylic oxidation sites excluding steroid dienone is 1. The Morgan fingerprint density at radius 1 is 1.11 bits per heavy atom. The smallest absolute Gasteiger partial charge is 0.264 e. The van der Waals surface area contributed by atoms with Crippen molar-refractivity contribution in [1.29, 1.82) is 0 Å². The van der Waals surface area contributed by atoms with Crippen LogP contribution in [-0.4, -0.2) is 37.6 Å². The summed E-state index contributed by atoms with van der Waals surface area (Å²) in [6, 6.07) is 0. The largest absolute Gasteiger partial charge is 0.397 e. The van der Waals surface area contributed by atoms with Crippen molar-refractivity contribution in [1.82, 2.24) is 0 Å². The molecule has 0 heterocycles. The van der Waals surface area contributed by atoms with Crippen LogP contribution in [0.15, 0.2) is 11.6 Å². The lowest BCUT2D eigenvalue weighted by Gasteiger charge is -2.60. The number of hydrogen-bond acceptors (Lipinski definition) is 6. The molecule has 3 aliphatic carbocycles. The molecular weight excluding hydrogens is 528 g/mol. The molecule has 2 saturated carbocycles. The number of hydrogen-bond donors (Lipinski definition) is 2. The van der Waals surface area contributed by atoms with Crippen LogP contribution in [0.1, 0.15) is 113 Å². The van der Waals surface area contributed by atoms with Gasteiger partial charge in [0.05, 0.1) is 11.7 Å². The van der Waals surface area contributed by atoms with E-state index in [1.165, 1.54) is 5.57 Å². The van der Waals surface area contributed by atoms with E-state index in [-0.39, 0.29) is 10.8 Å². The summed E-state index contributed by atoms with van der Waals surface area (Å²) in [5.41, 5.74) is 0.605. The first-order valence-electron chi connectivity index (χ1n) is 14.3. The van der Waals surface area contributed by atoms with Gasteiger partial charge in [0.15, 0.2) is 0 Å². The highest BCUT2D eigenvalue weighted by atomic mass is 32.3. The standard InChI is InChI=1S/C28H50O8S2/c1-8-24(19(2)10-9-15-26(4,5)36-38(32,33)34)27(6)17-14-25-23(20(27)3)12-11-21-18-22(35-37(29,30)31)13-16-28(21,25)7/h11,19-20,22-25H,8-10,12-18H2,1-7H3,(H,29,30,31)(H,32,33,34). The second-order valence-corrected chi connectivity index (χ2v) is 15.6. The van der Waals surface area contributed by atoms with Crippen molar-refractivity contribution in [3.05, 3.63) is 11.6 Å². The summed E-state index contributed by atoms with van der Waals surface area (Å²) in [5.74, 6) is 2.69. The molecule has 0 aromatic heterocycles. The average Bonchev–Trinajstić information content (AvgIpc) is 2.74. The van der Waals surface area contributed by atoms with Crippen molar-refractivity contribution >= 4 is 20.8 Å². The van der Waals surface area contributed by atoms with E-state index in [1.54, 1.807) is 13.8 Å². The van der Waals surface area contributed by atoms with E-state index in [0.717, 1.165) is 44.9 Å². The van der Waals surface area contributed by atoms with Crippen LogP contribution in [0.2, 0.25) is 0 Å². The van der Waals surface area contributed by atoms with Crippen molar-refractivity contribution in [2.75, 3.05) is 0 Å². The fourth-order valence-electron chi connectivity index (χ4n) is 8.80. The third-order valence-corrected chi connectivity index (χ3v) is 12.0. The van der Waals surface area contributed by atoms with Gasteiger partial charge in [-0.25, -0.2) is 8.37 Å². The summed E-state index contributed by atoms with van der Waals surface area (Å²) in [6.07, 6.45) is 10.7. The number of rotatable bonds is 11. The van der Waals surface area contributed by atoms with Gasteiger partial charge in [-0.05, 0) is 99.2 Å². The molecule has 3 aliphatic rings. The molecule has 8 atom stereocenters. The van der Waals surface area contributed by atoms with E-state index in [1.807, 2.05) is 0 Å². The van der Waals surface area contributed by atoms with Crippen LogP contribution in [0.4, 0.5) is 0 Å². The molecule has 0 spiro atoms. The molecule has 0 saturated heterocycles. The van der Waals surface area contributed by atoms with Crippen molar-refractivity contribution in [2.24, 2.45) is 40.4 Å². The van der Waals surface area contributed by atoms with Gasteiger partial charge in [0.2, 0.25) is 0 Å². The van der Waals surface area contributed by atoms with Crippen LogP contribution >= 0.6 is 0 Å². The molecule has 0 radical (unpaired) electrons. The SMILES string of the molecule is CCC(C(C)CCCC(C)(C)OS(=O)(=O)O)C1(C)CCC2C(CC=C3CC(OS(=O)(=O)O)CCC32C)C1C. The zero-order valence-electron chi connectivity index (χ0n) is 24.3. The molecule has 8 nitrogen and oxygen atoms in total. The third kappa shape index (κ3) is 7.21. The molecule has 2 N–H and O–H groups in total. The third-order valence-electron chi connectivity index (χ3n) is 10.8. The lowest BCUT2D eigenvalue weighted by Crippen LogP contribution is -2.52. The van der Waals surface area contributed by atoms with Gasteiger partial charge in [-0.1, -0.05) is 65.5 Å². The molecule has 0 aromatic carbocycles. The van der Waals surface area contributed by atoms with Crippen LogP contribution in [0, 0.1) is 40.4 Å². The first-order valence-corrected chi connectivity index (χ1v) is 17.1. The molecule has 8 unspecified atom stereocenters. The molecule has 10 heteroatoms. The summed E-state index contributed by atoms with van der Waals surface area (Å²) >= 11 is 0. The Hall–Kier alpha value is -0.520. The van der Waals surface area contributed by atoms with Crippen LogP contribution in [0.5, 0.6) is 0 Å². The van der Waals surface area contributed by atoms with Gasteiger partial charge in [-0.2, -0.15) is 16.8 Å². The van der Waals surface area contributed by atoms with Gasteiger partial charge in [-0.3, -0.25) is 9.11 Å². The van der Waals surface area contributed by atoms with E-state index in [4.69, 9.17) is 17.5 Å². The minimum absolute atomic E-state index is 0.0452. The zero-order chi connectivity index (χ0) is 28.7. The highest BCUT2D eigenvalue weighted by molar-refractivity contribution is 7.81. The molecule has 0 aliphatic heterocycles. The van der Waals surface area contributed by atoms with E-state index in [0.29, 0.717) is 48.9 Å². The first-order chi connectivity index (χ1) is 17.3. The molecular formula is C28H50O8S2. The topological polar surface area (TPSA) is 127 Å². The Bertz CT molecular complexity index is 1080. The summed E-state index contributed by atoms with van der Waals surface area (Å²) in [7, 11) is -8.92. The lowest BCUT2D eigenvalue weighted by molar-refractivity contribution is -0.0801. The summed E-state index contributed by atoms with van der Waals surface area (Å²) in [5, 5.41) is 0. The minimum Gasteiger partial charge on any atom is -0.264 e. The Morgan fingerprint density at radius 3 is 2.34 bits per heavy atom. The van der Waals surface area contributed by atoms with E-state index in [2.05, 4.69) is 40.7 Å². The quantitative estimate of drug-likeness (QED) is 0.203.